The lowest BCUT2D eigenvalue weighted by Gasteiger charge is -2.14. The highest BCUT2D eigenvalue weighted by Gasteiger charge is 2.19. The summed E-state index contributed by atoms with van der Waals surface area (Å²) in [4.78, 5) is 27.3. The summed E-state index contributed by atoms with van der Waals surface area (Å²) >= 11 is 0. The Morgan fingerprint density at radius 3 is 2.42 bits per heavy atom. The van der Waals surface area contributed by atoms with Crippen LogP contribution in [0.5, 0.6) is 5.75 Å². The van der Waals surface area contributed by atoms with E-state index in [4.69, 9.17) is 4.74 Å². The molecule has 1 atom stereocenters. The van der Waals surface area contributed by atoms with Crippen molar-refractivity contribution >= 4 is 11.9 Å². The van der Waals surface area contributed by atoms with Crippen molar-refractivity contribution in [1.82, 2.24) is 10.3 Å². The smallest absolute Gasteiger partial charge is 0.308 e. The van der Waals surface area contributed by atoms with Gasteiger partial charge in [-0.3, -0.25) is 14.6 Å². The van der Waals surface area contributed by atoms with E-state index < -0.39 is 11.9 Å². The first kappa shape index (κ1) is 17.5. The summed E-state index contributed by atoms with van der Waals surface area (Å²) in [6.45, 7) is 2.54. The van der Waals surface area contributed by atoms with Crippen LogP contribution in [0.15, 0.2) is 48.8 Å². The number of ether oxygens (including phenoxy) is 1. The van der Waals surface area contributed by atoms with E-state index >= 15 is 0 Å². The lowest BCUT2D eigenvalue weighted by atomic mass is 9.99. The zero-order valence-electron chi connectivity index (χ0n) is 13.4. The molecule has 0 aliphatic carbocycles. The summed E-state index contributed by atoms with van der Waals surface area (Å²) in [6, 6.07) is 10.5. The number of carboxylic acid groups (broad SMARTS) is 1. The van der Waals surface area contributed by atoms with Gasteiger partial charge < -0.3 is 15.2 Å². The minimum Gasteiger partial charge on any atom is -0.494 e. The van der Waals surface area contributed by atoms with E-state index in [1.165, 1.54) is 12.4 Å². The van der Waals surface area contributed by atoms with Gasteiger partial charge in [-0.15, -0.1) is 0 Å². The van der Waals surface area contributed by atoms with Crippen LogP contribution in [0.2, 0.25) is 0 Å². The fraction of sp³-hybridized carbons (Fsp3) is 0.278. The number of hydrogen-bond acceptors (Lipinski definition) is 4. The molecule has 0 radical (unpaired) electrons. The Hall–Kier alpha value is -2.89. The molecule has 126 valence electrons. The average molecular weight is 328 g/mol. The van der Waals surface area contributed by atoms with Gasteiger partial charge in [0.25, 0.3) is 5.91 Å². The lowest BCUT2D eigenvalue weighted by Crippen LogP contribution is -2.34. The predicted molar refractivity (Wildman–Crippen MR) is 89.0 cm³/mol. The normalized spacial score (nSPS) is 11.5. The first-order valence-electron chi connectivity index (χ1n) is 7.73. The molecule has 6 heteroatoms. The minimum atomic E-state index is -0.945. The molecule has 2 rings (SSSR count). The van der Waals surface area contributed by atoms with Crippen LogP contribution in [0.1, 0.15) is 22.8 Å². The van der Waals surface area contributed by atoms with Crippen molar-refractivity contribution in [3.05, 3.63) is 59.9 Å². The third-order valence-corrected chi connectivity index (χ3v) is 3.52. The monoisotopic (exact) mass is 328 g/mol. The quantitative estimate of drug-likeness (QED) is 0.775. The fourth-order valence-electron chi connectivity index (χ4n) is 2.24. The zero-order chi connectivity index (χ0) is 17.4. The summed E-state index contributed by atoms with van der Waals surface area (Å²) in [5.41, 5.74) is 1.33. The van der Waals surface area contributed by atoms with Crippen molar-refractivity contribution in [1.29, 1.82) is 0 Å². The van der Waals surface area contributed by atoms with Crippen LogP contribution in [0.25, 0.3) is 0 Å². The van der Waals surface area contributed by atoms with E-state index in [0.29, 0.717) is 18.6 Å². The molecule has 1 unspecified atom stereocenters. The van der Waals surface area contributed by atoms with Crippen LogP contribution in [0, 0.1) is 5.92 Å². The molecule has 0 saturated carbocycles. The van der Waals surface area contributed by atoms with Gasteiger partial charge in [0.15, 0.2) is 0 Å². The second-order valence-electron chi connectivity index (χ2n) is 5.26. The maximum absolute atomic E-state index is 12.0. The summed E-state index contributed by atoms with van der Waals surface area (Å²) in [5.74, 6) is -1.21. The number of pyridine rings is 1. The Morgan fingerprint density at radius 1 is 1.17 bits per heavy atom. The van der Waals surface area contributed by atoms with E-state index in [2.05, 4.69) is 10.3 Å². The number of rotatable bonds is 8. The number of benzene rings is 1. The summed E-state index contributed by atoms with van der Waals surface area (Å²) in [5, 5.41) is 12.0. The van der Waals surface area contributed by atoms with Crippen LogP contribution >= 0.6 is 0 Å². The molecular weight excluding hydrogens is 308 g/mol. The molecule has 24 heavy (non-hydrogen) atoms. The number of carboxylic acids is 1. The van der Waals surface area contributed by atoms with E-state index in [0.717, 1.165) is 11.3 Å². The Kier molecular flexibility index (Phi) is 6.31. The van der Waals surface area contributed by atoms with Crippen LogP contribution < -0.4 is 10.1 Å². The third-order valence-electron chi connectivity index (χ3n) is 3.52. The van der Waals surface area contributed by atoms with Crippen LogP contribution in [-0.4, -0.2) is 35.1 Å². The topological polar surface area (TPSA) is 88.5 Å². The Morgan fingerprint density at radius 2 is 1.83 bits per heavy atom. The highest BCUT2D eigenvalue weighted by Crippen LogP contribution is 2.15. The largest absolute Gasteiger partial charge is 0.494 e. The van der Waals surface area contributed by atoms with Gasteiger partial charge in [-0.1, -0.05) is 12.1 Å². The van der Waals surface area contributed by atoms with Crippen molar-refractivity contribution in [2.24, 2.45) is 5.92 Å². The molecule has 0 spiro atoms. The van der Waals surface area contributed by atoms with E-state index in [1.54, 1.807) is 12.1 Å². The first-order valence-corrected chi connectivity index (χ1v) is 7.73. The molecular formula is C18H20N2O4. The average Bonchev–Trinajstić information content (AvgIpc) is 2.60. The molecule has 2 aromatic rings. The first-order chi connectivity index (χ1) is 11.6. The second-order valence-corrected chi connectivity index (χ2v) is 5.26. The van der Waals surface area contributed by atoms with Crippen molar-refractivity contribution < 1.29 is 19.4 Å². The van der Waals surface area contributed by atoms with Crippen LogP contribution in [-0.2, 0) is 11.2 Å². The molecule has 0 fully saturated rings. The van der Waals surface area contributed by atoms with Gasteiger partial charge >= 0.3 is 5.97 Å². The number of hydrogen-bond donors (Lipinski definition) is 2. The molecule has 0 aliphatic heterocycles. The molecule has 1 amide bonds. The van der Waals surface area contributed by atoms with Crippen molar-refractivity contribution in [2.75, 3.05) is 13.2 Å². The van der Waals surface area contributed by atoms with Gasteiger partial charge in [-0.2, -0.15) is 0 Å². The third kappa shape index (κ3) is 5.08. The van der Waals surface area contributed by atoms with Crippen LogP contribution in [0.4, 0.5) is 0 Å². The minimum absolute atomic E-state index is 0.0592. The SMILES string of the molecule is CCOc1ccc(CC(CNC(=O)c2ccncc2)C(=O)O)cc1. The van der Waals surface area contributed by atoms with Gasteiger partial charge in [-0.05, 0) is 43.2 Å². The van der Waals surface area contributed by atoms with Crippen molar-refractivity contribution in [3.8, 4) is 5.75 Å². The lowest BCUT2D eigenvalue weighted by molar-refractivity contribution is -0.141. The molecule has 2 N–H and O–H groups in total. The maximum Gasteiger partial charge on any atom is 0.308 e. The summed E-state index contributed by atoms with van der Waals surface area (Å²) < 4.78 is 5.36. The second kappa shape index (κ2) is 8.67. The zero-order valence-corrected chi connectivity index (χ0v) is 13.4. The number of aliphatic carboxylic acids is 1. The Balaban J connectivity index is 1.94. The molecule has 0 aliphatic rings. The number of nitrogens with zero attached hydrogens (tertiary/aromatic N) is 1. The maximum atomic E-state index is 12.0. The molecule has 1 aromatic heterocycles. The molecule has 1 heterocycles. The molecule has 0 bridgehead atoms. The van der Waals surface area contributed by atoms with Gasteiger partial charge in [0.05, 0.1) is 12.5 Å². The molecule has 0 saturated heterocycles. The van der Waals surface area contributed by atoms with E-state index in [1.807, 2.05) is 31.2 Å². The summed E-state index contributed by atoms with van der Waals surface area (Å²) in [7, 11) is 0. The fourth-order valence-corrected chi connectivity index (χ4v) is 2.24. The Bertz CT molecular complexity index is 671. The number of nitrogens with one attached hydrogen (secondary N) is 1. The van der Waals surface area contributed by atoms with Gasteiger partial charge in [0.2, 0.25) is 0 Å². The van der Waals surface area contributed by atoms with Gasteiger partial charge in [-0.25, -0.2) is 0 Å². The summed E-state index contributed by atoms with van der Waals surface area (Å²) in [6.07, 6.45) is 3.37. The van der Waals surface area contributed by atoms with Gasteiger partial charge in [0.1, 0.15) is 5.75 Å². The van der Waals surface area contributed by atoms with E-state index in [9.17, 15) is 14.7 Å². The highest BCUT2D eigenvalue weighted by atomic mass is 16.5. The van der Waals surface area contributed by atoms with Gasteiger partial charge in [0, 0.05) is 24.5 Å². The molecule has 1 aromatic carbocycles. The van der Waals surface area contributed by atoms with Crippen molar-refractivity contribution in [3.63, 3.8) is 0 Å². The van der Waals surface area contributed by atoms with Crippen LogP contribution in [0.3, 0.4) is 0 Å². The van der Waals surface area contributed by atoms with Crippen molar-refractivity contribution in [2.45, 2.75) is 13.3 Å². The highest BCUT2D eigenvalue weighted by molar-refractivity contribution is 5.94. The molecule has 6 nitrogen and oxygen atoms in total. The standard InChI is InChI=1S/C18H20N2O4/c1-2-24-16-5-3-13(4-6-16)11-15(18(22)23)12-20-17(21)14-7-9-19-10-8-14/h3-10,15H,2,11-12H2,1H3,(H,20,21)(H,22,23). The predicted octanol–water partition coefficient (Wildman–Crippen LogP) is 2.15. The number of carbonyl (C=O) groups excluding carboxylic acids is 1. The number of amides is 1. The Labute approximate surface area is 140 Å². The number of carbonyl (C=O) groups is 2. The van der Waals surface area contributed by atoms with E-state index in [-0.39, 0.29) is 12.5 Å². The number of aromatic nitrogens is 1.